The van der Waals surface area contributed by atoms with Gasteiger partial charge >= 0.3 is 0 Å². The molecule has 1 aliphatic rings. The van der Waals surface area contributed by atoms with E-state index in [4.69, 9.17) is 4.74 Å². The summed E-state index contributed by atoms with van der Waals surface area (Å²) in [7, 11) is -0.938. The summed E-state index contributed by atoms with van der Waals surface area (Å²) >= 11 is 0. The first-order chi connectivity index (χ1) is 7.49. The number of rotatable bonds is 6. The molecule has 0 aromatic heterocycles. The Morgan fingerprint density at radius 2 is 2.18 bits per heavy atom. The summed E-state index contributed by atoms with van der Waals surface area (Å²) < 4.78 is 26.8. The molecule has 6 nitrogen and oxygen atoms in total. The van der Waals surface area contributed by atoms with Gasteiger partial charge in [0.15, 0.2) is 5.96 Å². The van der Waals surface area contributed by atoms with E-state index in [2.05, 4.69) is 10.3 Å². The molecule has 0 saturated carbocycles. The number of ether oxygens (including phenoxy) is 1. The van der Waals surface area contributed by atoms with Crippen molar-refractivity contribution in [1.82, 2.24) is 10.2 Å². The molecule has 0 atom stereocenters. The maximum absolute atomic E-state index is 10.8. The smallest absolute Gasteiger partial charge is 0.193 e. The van der Waals surface area contributed by atoms with Crippen LogP contribution in [0.15, 0.2) is 4.99 Å². The Hall–Kier alpha value is -0.0900. The summed E-state index contributed by atoms with van der Waals surface area (Å²) in [6.07, 6.45) is 1.21. The third-order valence-electron chi connectivity index (χ3n) is 2.19. The summed E-state index contributed by atoms with van der Waals surface area (Å²) in [6, 6.07) is 0. The molecule has 0 bridgehead atoms. The molecule has 102 valence electrons. The first-order valence-corrected chi connectivity index (χ1v) is 7.30. The molecule has 0 aliphatic carbocycles. The minimum atomic E-state index is -2.91. The van der Waals surface area contributed by atoms with Gasteiger partial charge < -0.3 is 15.0 Å². The lowest BCUT2D eigenvalue weighted by atomic mass is 10.6. The van der Waals surface area contributed by atoms with Crippen molar-refractivity contribution >= 4 is 39.8 Å². The van der Waals surface area contributed by atoms with E-state index < -0.39 is 9.84 Å². The first kappa shape index (κ1) is 16.9. The number of nitrogens with one attached hydrogen (secondary N) is 1. The predicted octanol–water partition coefficient (Wildman–Crippen LogP) is -0.443. The van der Waals surface area contributed by atoms with Crippen LogP contribution in [0.5, 0.6) is 0 Å². The number of likely N-dealkylation sites (N-methyl/N-ethyl adjacent to an activating group) is 1. The Balaban J connectivity index is 0.00000256. The van der Waals surface area contributed by atoms with E-state index in [1.54, 1.807) is 0 Å². The van der Waals surface area contributed by atoms with Crippen LogP contribution in [0.4, 0.5) is 0 Å². The average molecular weight is 377 g/mol. The minimum absolute atomic E-state index is 0. The molecule has 1 rings (SSSR count). The molecular formula is C9H20IN3O3S. The van der Waals surface area contributed by atoms with E-state index in [0.29, 0.717) is 13.2 Å². The fourth-order valence-corrected chi connectivity index (χ4v) is 1.69. The van der Waals surface area contributed by atoms with E-state index in [9.17, 15) is 8.42 Å². The van der Waals surface area contributed by atoms with Crippen molar-refractivity contribution in [3.05, 3.63) is 0 Å². The number of guanidine groups is 1. The number of hydrogen-bond donors (Lipinski definition) is 1. The number of halogens is 1. The highest BCUT2D eigenvalue weighted by atomic mass is 127. The average Bonchev–Trinajstić information content (AvgIpc) is 2.56. The Morgan fingerprint density at radius 3 is 2.71 bits per heavy atom. The molecule has 0 unspecified atom stereocenters. The van der Waals surface area contributed by atoms with Gasteiger partial charge in [-0.3, -0.25) is 4.99 Å². The van der Waals surface area contributed by atoms with Gasteiger partial charge in [-0.15, -0.1) is 24.0 Å². The highest BCUT2D eigenvalue weighted by molar-refractivity contribution is 14.0. The summed E-state index contributed by atoms with van der Waals surface area (Å²) in [5.74, 6) is 0.958. The van der Waals surface area contributed by atoms with Gasteiger partial charge in [-0.1, -0.05) is 0 Å². The largest absolute Gasteiger partial charge is 0.379 e. The monoisotopic (exact) mass is 377 g/mol. The van der Waals surface area contributed by atoms with Gasteiger partial charge in [0.2, 0.25) is 0 Å². The maximum Gasteiger partial charge on any atom is 0.193 e. The molecule has 0 fully saturated rings. The third-order valence-corrected chi connectivity index (χ3v) is 3.09. The lowest BCUT2D eigenvalue weighted by molar-refractivity contribution is 0.153. The van der Waals surface area contributed by atoms with E-state index in [0.717, 1.165) is 19.0 Å². The zero-order valence-corrected chi connectivity index (χ0v) is 13.3. The molecule has 0 radical (unpaired) electrons. The van der Waals surface area contributed by atoms with Crippen molar-refractivity contribution in [2.75, 3.05) is 51.9 Å². The molecule has 0 saturated heterocycles. The molecular weight excluding hydrogens is 357 g/mol. The topological polar surface area (TPSA) is 71.0 Å². The number of aliphatic imine (C=N–C) groups is 1. The van der Waals surface area contributed by atoms with E-state index >= 15 is 0 Å². The molecule has 8 heteroatoms. The Bertz CT molecular complexity index is 345. The van der Waals surface area contributed by atoms with E-state index in [-0.39, 0.29) is 36.3 Å². The molecule has 0 spiro atoms. The zero-order chi connectivity index (χ0) is 12.0. The van der Waals surface area contributed by atoms with E-state index in [1.807, 2.05) is 11.9 Å². The molecule has 1 N–H and O–H groups in total. The summed E-state index contributed by atoms with van der Waals surface area (Å²) in [4.78, 5) is 6.29. The summed E-state index contributed by atoms with van der Waals surface area (Å²) in [5.41, 5.74) is 0. The van der Waals surface area contributed by atoms with Crippen LogP contribution in [-0.4, -0.2) is 71.2 Å². The second kappa shape index (κ2) is 8.09. The van der Waals surface area contributed by atoms with Crippen LogP contribution in [0.3, 0.4) is 0 Å². The van der Waals surface area contributed by atoms with Gasteiger partial charge in [-0.05, 0) is 0 Å². The second-order valence-electron chi connectivity index (χ2n) is 3.80. The molecule has 17 heavy (non-hydrogen) atoms. The highest BCUT2D eigenvalue weighted by Gasteiger charge is 2.10. The van der Waals surface area contributed by atoms with Gasteiger partial charge in [-0.2, -0.15) is 0 Å². The fraction of sp³-hybridized carbons (Fsp3) is 0.889. The number of nitrogens with zero attached hydrogens (tertiary/aromatic N) is 2. The van der Waals surface area contributed by atoms with Gasteiger partial charge in [0.25, 0.3) is 0 Å². The molecule has 1 heterocycles. The second-order valence-corrected chi connectivity index (χ2v) is 6.06. The Morgan fingerprint density at radius 1 is 1.47 bits per heavy atom. The van der Waals surface area contributed by atoms with Gasteiger partial charge in [-0.25, -0.2) is 8.42 Å². The normalized spacial score (nSPS) is 15.4. The SMILES string of the molecule is CN1CCN=C1NCCOCCS(C)(=O)=O.I. The van der Waals surface area contributed by atoms with Gasteiger partial charge in [0.05, 0.1) is 25.5 Å². The van der Waals surface area contributed by atoms with Crippen LogP contribution in [-0.2, 0) is 14.6 Å². The standard InChI is InChI=1S/C9H19N3O3S.HI/c1-12-5-3-10-9(12)11-4-6-15-7-8-16(2,13)14;/h3-8H2,1-2H3,(H,10,11);1H. The van der Waals surface area contributed by atoms with E-state index in [1.165, 1.54) is 6.26 Å². The van der Waals surface area contributed by atoms with Crippen molar-refractivity contribution in [3.63, 3.8) is 0 Å². The van der Waals surface area contributed by atoms with Crippen molar-refractivity contribution in [2.24, 2.45) is 4.99 Å². The fourth-order valence-electron chi connectivity index (χ4n) is 1.27. The quantitative estimate of drug-likeness (QED) is 0.502. The Labute approximate surface area is 120 Å². The first-order valence-electron chi connectivity index (χ1n) is 5.24. The molecule has 0 aromatic carbocycles. The van der Waals surface area contributed by atoms with Crippen LogP contribution in [0.25, 0.3) is 0 Å². The third kappa shape index (κ3) is 7.77. The van der Waals surface area contributed by atoms with Crippen molar-refractivity contribution in [3.8, 4) is 0 Å². The maximum atomic E-state index is 10.8. The lowest BCUT2D eigenvalue weighted by Gasteiger charge is -2.14. The van der Waals surface area contributed by atoms with Crippen LogP contribution in [0.2, 0.25) is 0 Å². The number of hydrogen-bond acceptors (Lipinski definition) is 6. The van der Waals surface area contributed by atoms with Crippen LogP contribution < -0.4 is 5.32 Å². The minimum Gasteiger partial charge on any atom is -0.379 e. The van der Waals surface area contributed by atoms with Crippen molar-refractivity contribution in [1.29, 1.82) is 0 Å². The Kier molecular flexibility index (Phi) is 8.05. The molecule has 1 aliphatic heterocycles. The predicted molar refractivity (Wildman–Crippen MR) is 78.9 cm³/mol. The van der Waals surface area contributed by atoms with Crippen LogP contribution >= 0.6 is 24.0 Å². The highest BCUT2D eigenvalue weighted by Crippen LogP contribution is 1.94. The van der Waals surface area contributed by atoms with Crippen molar-refractivity contribution in [2.45, 2.75) is 0 Å². The van der Waals surface area contributed by atoms with Gasteiger partial charge in [0, 0.05) is 26.4 Å². The molecule has 0 amide bonds. The van der Waals surface area contributed by atoms with Crippen LogP contribution in [0, 0.1) is 0 Å². The summed E-state index contributed by atoms with van der Waals surface area (Å²) in [5, 5.41) is 3.13. The number of sulfone groups is 1. The van der Waals surface area contributed by atoms with Crippen LogP contribution in [0.1, 0.15) is 0 Å². The zero-order valence-electron chi connectivity index (χ0n) is 10.2. The summed E-state index contributed by atoms with van der Waals surface area (Å²) in [6.45, 7) is 3.16. The van der Waals surface area contributed by atoms with Crippen molar-refractivity contribution < 1.29 is 13.2 Å². The van der Waals surface area contributed by atoms with Gasteiger partial charge in [0.1, 0.15) is 9.84 Å². The molecule has 0 aromatic rings. The lowest BCUT2D eigenvalue weighted by Crippen LogP contribution is -2.37.